The molecule has 0 amide bonds. The van der Waals surface area contributed by atoms with Gasteiger partial charge in [0.15, 0.2) is 0 Å². The number of sulfonamides is 1. The van der Waals surface area contributed by atoms with E-state index < -0.39 is 15.8 Å². The van der Waals surface area contributed by atoms with Crippen molar-refractivity contribution in [2.24, 2.45) is 4.99 Å². The van der Waals surface area contributed by atoms with Crippen LogP contribution in [-0.4, -0.2) is 101 Å². The third-order valence-corrected chi connectivity index (χ3v) is 7.24. The molecule has 7 nitrogen and oxygen atoms in total. The van der Waals surface area contributed by atoms with Gasteiger partial charge in [0.05, 0.1) is 30.2 Å². The highest BCUT2D eigenvalue weighted by Gasteiger charge is 2.38. The smallest absolute Gasteiger partial charge is 0.243 e. The average molecular weight is 399 g/mol. The number of likely N-dealkylation sites (N-methyl/N-ethyl adjacent to an activating group) is 1. The van der Waals surface area contributed by atoms with Gasteiger partial charge in [-0.15, -0.1) is 0 Å². The van der Waals surface area contributed by atoms with E-state index in [-0.39, 0.29) is 10.9 Å². The molecule has 0 saturated carbocycles. The fourth-order valence-electron chi connectivity index (χ4n) is 3.77. The van der Waals surface area contributed by atoms with Crippen molar-refractivity contribution in [1.82, 2.24) is 14.1 Å². The first kappa shape index (κ1) is 20.3. The summed E-state index contributed by atoms with van der Waals surface area (Å²) < 4.78 is 46.9. The molecule has 3 rings (SSSR count). The van der Waals surface area contributed by atoms with Crippen molar-refractivity contribution in [2.75, 3.05) is 60.5 Å². The lowest BCUT2D eigenvalue weighted by Crippen LogP contribution is -2.56. The van der Waals surface area contributed by atoms with Crippen LogP contribution < -0.4 is 0 Å². The summed E-state index contributed by atoms with van der Waals surface area (Å²) >= 11 is 0. The molecule has 0 N–H and O–H groups in total. The number of nitrogens with zero attached hydrogens (tertiary/aromatic N) is 4. The first-order valence-electron chi connectivity index (χ1n) is 9.04. The maximum atomic E-state index is 13.7. The summed E-state index contributed by atoms with van der Waals surface area (Å²) in [5.74, 6) is -0.572. The van der Waals surface area contributed by atoms with Gasteiger partial charge in [0, 0.05) is 45.0 Å². The van der Waals surface area contributed by atoms with Crippen LogP contribution in [0.15, 0.2) is 28.1 Å². The van der Waals surface area contributed by atoms with Crippen LogP contribution in [-0.2, 0) is 14.8 Å². The van der Waals surface area contributed by atoms with Gasteiger partial charge in [-0.3, -0.25) is 9.89 Å². The van der Waals surface area contributed by atoms with Crippen LogP contribution in [0.3, 0.4) is 0 Å². The normalized spacial score (nSPS) is 25.7. The van der Waals surface area contributed by atoms with E-state index in [1.165, 1.54) is 22.7 Å². The summed E-state index contributed by atoms with van der Waals surface area (Å²) in [4.78, 5) is 8.31. The van der Waals surface area contributed by atoms with E-state index in [4.69, 9.17) is 4.74 Å². The monoisotopic (exact) mass is 398 g/mol. The molecule has 150 valence electrons. The van der Waals surface area contributed by atoms with E-state index in [2.05, 4.69) is 14.8 Å². The van der Waals surface area contributed by atoms with Crippen molar-refractivity contribution in [3.05, 3.63) is 29.6 Å². The molecular weight excluding hydrogens is 371 g/mol. The van der Waals surface area contributed by atoms with Crippen molar-refractivity contribution in [3.63, 3.8) is 0 Å². The molecule has 2 atom stereocenters. The maximum absolute atomic E-state index is 13.7. The van der Waals surface area contributed by atoms with Crippen LogP contribution in [0.1, 0.15) is 5.56 Å². The zero-order valence-corrected chi connectivity index (χ0v) is 16.8. The highest BCUT2D eigenvalue weighted by atomic mass is 32.2. The Morgan fingerprint density at radius 2 is 1.93 bits per heavy atom. The lowest BCUT2D eigenvalue weighted by Gasteiger charge is -2.40. The lowest BCUT2D eigenvalue weighted by atomic mass is 10.1. The summed E-state index contributed by atoms with van der Waals surface area (Å²) in [7, 11) is 1.85. The first-order chi connectivity index (χ1) is 12.8. The SMILES string of the molecule is CN=Cc1ccc(F)cc1S(=O)(=O)N1CCN([C@@H]2COC[C@H]2N(C)C)CC1. The maximum Gasteiger partial charge on any atom is 0.243 e. The van der Waals surface area contributed by atoms with Gasteiger partial charge >= 0.3 is 0 Å². The minimum Gasteiger partial charge on any atom is -0.378 e. The molecule has 27 heavy (non-hydrogen) atoms. The summed E-state index contributed by atoms with van der Waals surface area (Å²) in [5, 5.41) is 0. The van der Waals surface area contributed by atoms with E-state index in [0.717, 1.165) is 6.07 Å². The number of ether oxygens (including phenoxy) is 1. The summed E-state index contributed by atoms with van der Waals surface area (Å²) in [6.45, 7) is 3.36. The molecule has 0 bridgehead atoms. The van der Waals surface area contributed by atoms with Crippen molar-refractivity contribution >= 4 is 16.2 Å². The Kier molecular flexibility index (Phi) is 6.27. The van der Waals surface area contributed by atoms with Gasteiger partial charge in [-0.25, -0.2) is 12.8 Å². The molecule has 0 aromatic heterocycles. The number of benzene rings is 1. The van der Waals surface area contributed by atoms with E-state index in [1.54, 1.807) is 7.05 Å². The molecule has 1 aromatic rings. The van der Waals surface area contributed by atoms with Gasteiger partial charge in [0.25, 0.3) is 0 Å². The van der Waals surface area contributed by atoms with Crippen LogP contribution in [0.5, 0.6) is 0 Å². The molecule has 1 aromatic carbocycles. The molecule has 2 aliphatic rings. The number of piperazine rings is 1. The second kappa shape index (κ2) is 8.32. The molecule has 0 spiro atoms. The Morgan fingerprint density at radius 3 is 2.56 bits per heavy atom. The molecule has 0 unspecified atom stereocenters. The molecule has 2 aliphatic heterocycles. The lowest BCUT2D eigenvalue weighted by molar-refractivity contribution is 0.0964. The van der Waals surface area contributed by atoms with Crippen molar-refractivity contribution in [2.45, 2.75) is 17.0 Å². The fraction of sp³-hybridized carbons (Fsp3) is 0.611. The molecule has 2 fully saturated rings. The second-order valence-corrected chi connectivity index (χ2v) is 9.05. The number of halogens is 1. The van der Waals surface area contributed by atoms with Crippen molar-refractivity contribution in [3.8, 4) is 0 Å². The topological polar surface area (TPSA) is 65.5 Å². The average Bonchev–Trinajstić information content (AvgIpc) is 3.13. The third kappa shape index (κ3) is 4.22. The number of hydrogen-bond acceptors (Lipinski definition) is 6. The summed E-state index contributed by atoms with van der Waals surface area (Å²) in [6.07, 6.45) is 1.44. The Bertz CT molecular complexity index is 792. The summed E-state index contributed by atoms with van der Waals surface area (Å²) in [6, 6.07) is 4.34. The van der Waals surface area contributed by atoms with Gasteiger partial charge in [-0.2, -0.15) is 4.31 Å². The molecule has 2 heterocycles. The molecular formula is C18H27FN4O3S. The Labute approximate surface area is 160 Å². The number of rotatable bonds is 5. The van der Waals surface area contributed by atoms with Gasteiger partial charge in [0.1, 0.15) is 5.82 Å². The van der Waals surface area contributed by atoms with Crippen molar-refractivity contribution in [1.29, 1.82) is 0 Å². The van der Waals surface area contributed by atoms with Gasteiger partial charge in [-0.05, 0) is 32.3 Å². The molecule has 2 saturated heterocycles. The van der Waals surface area contributed by atoms with Crippen LogP contribution in [0.25, 0.3) is 0 Å². The van der Waals surface area contributed by atoms with Crippen LogP contribution >= 0.6 is 0 Å². The van der Waals surface area contributed by atoms with E-state index in [0.29, 0.717) is 51.0 Å². The van der Waals surface area contributed by atoms with Gasteiger partial charge in [-0.1, -0.05) is 0 Å². The van der Waals surface area contributed by atoms with Gasteiger partial charge < -0.3 is 9.64 Å². The predicted octanol–water partition coefficient (Wildman–Crippen LogP) is 0.510. The number of hydrogen-bond donors (Lipinski definition) is 0. The van der Waals surface area contributed by atoms with Gasteiger partial charge in [0.2, 0.25) is 10.0 Å². The van der Waals surface area contributed by atoms with E-state index in [1.807, 2.05) is 14.1 Å². The van der Waals surface area contributed by atoms with E-state index in [9.17, 15) is 12.8 Å². The Morgan fingerprint density at radius 1 is 1.22 bits per heavy atom. The highest BCUT2D eigenvalue weighted by molar-refractivity contribution is 7.89. The zero-order valence-electron chi connectivity index (χ0n) is 16.0. The quantitative estimate of drug-likeness (QED) is 0.677. The van der Waals surface area contributed by atoms with Crippen LogP contribution in [0.4, 0.5) is 4.39 Å². The zero-order chi connectivity index (χ0) is 19.6. The highest BCUT2D eigenvalue weighted by Crippen LogP contribution is 2.24. The predicted molar refractivity (Wildman–Crippen MR) is 102 cm³/mol. The summed E-state index contributed by atoms with van der Waals surface area (Å²) in [5.41, 5.74) is 0.401. The molecule has 9 heteroatoms. The van der Waals surface area contributed by atoms with Crippen LogP contribution in [0.2, 0.25) is 0 Å². The second-order valence-electron chi connectivity index (χ2n) is 7.15. The minimum absolute atomic E-state index is 0.0306. The van der Waals surface area contributed by atoms with Crippen molar-refractivity contribution < 1.29 is 17.5 Å². The fourth-order valence-corrected chi connectivity index (χ4v) is 5.37. The van der Waals surface area contributed by atoms with Crippen LogP contribution in [0, 0.1) is 5.82 Å². The van der Waals surface area contributed by atoms with E-state index >= 15 is 0 Å². The molecule has 0 radical (unpaired) electrons. The number of aliphatic imine (C=N–C) groups is 1. The first-order valence-corrected chi connectivity index (χ1v) is 10.5. The Balaban J connectivity index is 1.75. The third-order valence-electron chi connectivity index (χ3n) is 5.29. The largest absolute Gasteiger partial charge is 0.378 e. The Hall–Kier alpha value is -1.39. The minimum atomic E-state index is -3.78. The standard InChI is InChI=1S/C18H27FN4O3S/c1-20-11-14-4-5-15(19)10-18(14)27(24,25)23-8-6-22(7-9-23)17-13-26-12-16(17)21(2)3/h4-5,10-11,16-17H,6-9,12-13H2,1-3H3/t16-,17-/m1/s1. The molecule has 0 aliphatic carbocycles.